The van der Waals surface area contributed by atoms with E-state index < -0.39 is 0 Å². The molecule has 4 heteroatoms. The SMILES string of the molecule is CC(OCC1C[C@H]2CC[C@@H](C1)N2C)Sc1ccc(Cl)cc1. The maximum atomic E-state index is 6.09. The van der Waals surface area contributed by atoms with Gasteiger partial charge in [-0.05, 0) is 69.8 Å². The first-order chi connectivity index (χ1) is 10.1. The third kappa shape index (κ3) is 3.95. The summed E-state index contributed by atoms with van der Waals surface area (Å²) in [6.45, 7) is 3.05. The Morgan fingerprint density at radius 3 is 2.48 bits per heavy atom. The van der Waals surface area contributed by atoms with E-state index in [2.05, 4.69) is 31.0 Å². The molecule has 21 heavy (non-hydrogen) atoms. The highest BCUT2D eigenvalue weighted by Gasteiger charge is 2.38. The summed E-state index contributed by atoms with van der Waals surface area (Å²) in [5.41, 5.74) is 0.198. The Kier molecular flexibility index (Phi) is 5.15. The van der Waals surface area contributed by atoms with Crippen LogP contribution in [0.2, 0.25) is 5.02 Å². The molecule has 1 aromatic rings. The molecule has 0 aromatic heterocycles. The van der Waals surface area contributed by atoms with Gasteiger partial charge in [0.15, 0.2) is 0 Å². The van der Waals surface area contributed by atoms with Gasteiger partial charge >= 0.3 is 0 Å². The molecule has 0 radical (unpaired) electrons. The molecule has 0 spiro atoms. The molecule has 0 aliphatic carbocycles. The van der Waals surface area contributed by atoms with Crippen LogP contribution in [0.4, 0.5) is 0 Å². The first kappa shape index (κ1) is 15.7. The molecule has 2 nitrogen and oxygen atoms in total. The van der Waals surface area contributed by atoms with Crippen molar-refractivity contribution in [1.82, 2.24) is 4.90 Å². The number of fused-ring (bicyclic) bond motifs is 2. The standard InChI is InChI=1S/C17H24ClNOS/c1-12(21-17-7-3-14(18)4-8-17)20-11-13-9-15-5-6-16(10-13)19(15)2/h3-4,7-8,12-13,15-16H,5-6,9-11H2,1-2H3/t12?,13?,15-,16+. The van der Waals surface area contributed by atoms with E-state index in [-0.39, 0.29) is 5.44 Å². The minimum absolute atomic E-state index is 0.198. The average Bonchev–Trinajstić information content (AvgIpc) is 2.70. The molecule has 0 saturated carbocycles. The van der Waals surface area contributed by atoms with Gasteiger partial charge in [0.05, 0.1) is 6.61 Å². The van der Waals surface area contributed by atoms with Gasteiger partial charge in [0.2, 0.25) is 0 Å². The molecule has 2 aliphatic rings. The second kappa shape index (κ2) is 6.91. The Morgan fingerprint density at radius 2 is 1.86 bits per heavy atom. The number of hydrogen-bond acceptors (Lipinski definition) is 3. The minimum atomic E-state index is 0.198. The first-order valence-electron chi connectivity index (χ1n) is 7.87. The van der Waals surface area contributed by atoms with E-state index >= 15 is 0 Å². The molecule has 2 fully saturated rings. The van der Waals surface area contributed by atoms with Gasteiger partial charge in [-0.2, -0.15) is 0 Å². The molecule has 0 N–H and O–H groups in total. The van der Waals surface area contributed by atoms with Crippen LogP contribution in [-0.4, -0.2) is 36.1 Å². The van der Waals surface area contributed by atoms with Crippen LogP contribution in [0.25, 0.3) is 0 Å². The summed E-state index contributed by atoms with van der Waals surface area (Å²) in [5.74, 6) is 0.743. The Morgan fingerprint density at radius 1 is 1.24 bits per heavy atom. The minimum Gasteiger partial charge on any atom is -0.367 e. The number of hydrogen-bond donors (Lipinski definition) is 0. The fourth-order valence-corrected chi connectivity index (χ4v) is 4.62. The van der Waals surface area contributed by atoms with E-state index in [1.54, 1.807) is 11.8 Å². The number of thioether (sulfide) groups is 1. The number of nitrogens with zero attached hydrogens (tertiary/aromatic N) is 1. The van der Waals surface area contributed by atoms with Gasteiger partial charge < -0.3 is 9.64 Å². The molecule has 4 atom stereocenters. The topological polar surface area (TPSA) is 12.5 Å². The van der Waals surface area contributed by atoms with Crippen LogP contribution in [0.5, 0.6) is 0 Å². The monoisotopic (exact) mass is 325 g/mol. The highest BCUT2D eigenvalue weighted by Crippen LogP contribution is 2.38. The lowest BCUT2D eigenvalue weighted by atomic mass is 9.92. The molecule has 2 aliphatic heterocycles. The van der Waals surface area contributed by atoms with Gasteiger partial charge in [-0.25, -0.2) is 0 Å². The van der Waals surface area contributed by atoms with Crippen molar-refractivity contribution < 1.29 is 4.74 Å². The number of halogens is 1. The summed E-state index contributed by atoms with van der Waals surface area (Å²) in [4.78, 5) is 3.80. The lowest BCUT2D eigenvalue weighted by Gasteiger charge is -2.36. The van der Waals surface area contributed by atoms with Gasteiger partial charge in [-0.15, -0.1) is 0 Å². The average molecular weight is 326 g/mol. The van der Waals surface area contributed by atoms with Crippen LogP contribution in [-0.2, 0) is 4.74 Å². The van der Waals surface area contributed by atoms with Gasteiger partial charge in [-0.1, -0.05) is 23.4 Å². The predicted molar refractivity (Wildman–Crippen MR) is 90.0 cm³/mol. The van der Waals surface area contributed by atoms with E-state index in [1.165, 1.54) is 30.6 Å². The van der Waals surface area contributed by atoms with E-state index in [9.17, 15) is 0 Å². The van der Waals surface area contributed by atoms with Crippen LogP contribution < -0.4 is 0 Å². The fraction of sp³-hybridized carbons (Fsp3) is 0.647. The van der Waals surface area contributed by atoms with Crippen LogP contribution in [0.3, 0.4) is 0 Å². The summed E-state index contributed by atoms with van der Waals surface area (Å²) < 4.78 is 6.09. The second-order valence-corrected chi connectivity index (χ2v) is 8.17. The van der Waals surface area contributed by atoms with E-state index in [1.807, 2.05) is 12.1 Å². The summed E-state index contributed by atoms with van der Waals surface area (Å²) in [5, 5.41) is 0.787. The molecule has 3 rings (SSSR count). The fourth-order valence-electron chi connectivity index (χ4n) is 3.67. The Bertz CT molecular complexity index is 452. The molecular formula is C17H24ClNOS. The third-order valence-corrected chi connectivity index (χ3v) is 6.14. The van der Waals surface area contributed by atoms with E-state index in [4.69, 9.17) is 16.3 Å². The Labute approximate surface area is 137 Å². The largest absolute Gasteiger partial charge is 0.367 e. The number of rotatable bonds is 5. The van der Waals surface area contributed by atoms with Crippen molar-refractivity contribution in [3.8, 4) is 0 Å². The lowest BCUT2D eigenvalue weighted by Crippen LogP contribution is -2.41. The summed E-state index contributed by atoms with van der Waals surface area (Å²) in [6.07, 6.45) is 5.39. The third-order valence-electron chi connectivity index (χ3n) is 4.88. The van der Waals surface area contributed by atoms with Crippen molar-refractivity contribution in [3.63, 3.8) is 0 Å². The van der Waals surface area contributed by atoms with Gasteiger partial charge in [0.25, 0.3) is 0 Å². The van der Waals surface area contributed by atoms with Crippen molar-refractivity contribution >= 4 is 23.4 Å². The summed E-state index contributed by atoms with van der Waals surface area (Å²) in [6, 6.07) is 9.59. The zero-order chi connectivity index (χ0) is 14.8. The zero-order valence-electron chi connectivity index (χ0n) is 12.8. The Hall–Kier alpha value is -0.220. The molecule has 0 amide bonds. The zero-order valence-corrected chi connectivity index (χ0v) is 14.4. The number of ether oxygens (including phenoxy) is 1. The summed E-state index contributed by atoms with van der Waals surface area (Å²) >= 11 is 7.68. The normalized spacial score (nSPS) is 30.5. The first-order valence-corrected chi connectivity index (χ1v) is 9.13. The van der Waals surface area contributed by atoms with E-state index in [0.29, 0.717) is 0 Å². The summed E-state index contributed by atoms with van der Waals surface area (Å²) in [7, 11) is 2.29. The van der Waals surface area contributed by atoms with E-state index in [0.717, 1.165) is 29.6 Å². The van der Waals surface area contributed by atoms with Crippen molar-refractivity contribution in [3.05, 3.63) is 29.3 Å². The quantitative estimate of drug-likeness (QED) is 0.576. The Balaban J connectivity index is 1.44. The van der Waals surface area contributed by atoms with Crippen molar-refractivity contribution in [2.24, 2.45) is 5.92 Å². The van der Waals surface area contributed by atoms with Crippen molar-refractivity contribution in [2.75, 3.05) is 13.7 Å². The van der Waals surface area contributed by atoms with Crippen LogP contribution in [0, 0.1) is 5.92 Å². The molecule has 116 valence electrons. The molecule has 2 heterocycles. The van der Waals surface area contributed by atoms with Crippen LogP contribution in [0.15, 0.2) is 29.2 Å². The molecule has 2 unspecified atom stereocenters. The molecular weight excluding hydrogens is 302 g/mol. The smallest absolute Gasteiger partial charge is 0.104 e. The van der Waals surface area contributed by atoms with Gasteiger partial charge in [0.1, 0.15) is 5.44 Å². The molecule has 2 bridgehead atoms. The highest BCUT2D eigenvalue weighted by atomic mass is 35.5. The predicted octanol–water partition coefficient (Wildman–Crippen LogP) is 4.67. The van der Waals surface area contributed by atoms with Crippen LogP contribution in [0.1, 0.15) is 32.6 Å². The number of piperidine rings is 1. The second-order valence-electron chi connectivity index (χ2n) is 6.36. The van der Waals surface area contributed by atoms with Gasteiger partial charge in [0, 0.05) is 22.0 Å². The maximum Gasteiger partial charge on any atom is 0.104 e. The van der Waals surface area contributed by atoms with Crippen molar-refractivity contribution in [1.29, 1.82) is 0 Å². The molecule has 2 saturated heterocycles. The maximum absolute atomic E-state index is 6.09. The number of benzene rings is 1. The molecule has 1 aromatic carbocycles. The lowest BCUT2D eigenvalue weighted by molar-refractivity contribution is 0.0426. The van der Waals surface area contributed by atoms with Crippen LogP contribution >= 0.6 is 23.4 Å². The highest BCUT2D eigenvalue weighted by molar-refractivity contribution is 7.99. The van der Waals surface area contributed by atoms with Gasteiger partial charge in [-0.3, -0.25) is 0 Å². The van der Waals surface area contributed by atoms with Crippen molar-refractivity contribution in [2.45, 2.75) is 55.0 Å².